The number of aromatic amines is 1. The maximum absolute atomic E-state index is 12.4. The van der Waals surface area contributed by atoms with Crippen molar-refractivity contribution in [1.29, 1.82) is 0 Å². The molecule has 2 aromatic carbocycles. The van der Waals surface area contributed by atoms with E-state index >= 15 is 0 Å². The summed E-state index contributed by atoms with van der Waals surface area (Å²) in [6.45, 7) is 1.91. The first-order chi connectivity index (χ1) is 12.7. The lowest BCUT2D eigenvalue weighted by molar-refractivity contribution is 0.102. The fraction of sp³-hybridized carbons (Fsp3) is 0.111. The van der Waals surface area contributed by atoms with E-state index in [4.69, 9.17) is 9.15 Å². The van der Waals surface area contributed by atoms with Crippen LogP contribution in [0.15, 0.2) is 52.9 Å². The quantitative estimate of drug-likeness (QED) is 0.573. The van der Waals surface area contributed by atoms with Gasteiger partial charge in [0, 0.05) is 18.0 Å². The first kappa shape index (κ1) is 15.8. The topological polar surface area (TPSA) is 106 Å². The smallest absolute Gasteiger partial charge is 0.276 e. The van der Waals surface area contributed by atoms with E-state index in [-0.39, 0.29) is 12.5 Å². The normalized spacial score (nSPS) is 10.8. The van der Waals surface area contributed by atoms with E-state index in [1.807, 2.05) is 24.3 Å². The Morgan fingerprint density at radius 1 is 1.15 bits per heavy atom. The highest BCUT2D eigenvalue weighted by atomic mass is 16.5. The summed E-state index contributed by atoms with van der Waals surface area (Å²) >= 11 is 0. The number of H-pyrrole nitrogens is 1. The lowest BCUT2D eigenvalue weighted by atomic mass is 10.2. The molecule has 0 aliphatic carbocycles. The van der Waals surface area contributed by atoms with E-state index in [0.29, 0.717) is 28.9 Å². The van der Waals surface area contributed by atoms with E-state index in [1.54, 1.807) is 31.2 Å². The lowest BCUT2D eigenvalue weighted by Gasteiger charge is -2.06. The van der Waals surface area contributed by atoms with Crippen LogP contribution in [0.5, 0.6) is 5.75 Å². The number of aryl methyl sites for hydroxylation is 1. The molecule has 0 aliphatic rings. The SMILES string of the molecule is Cc1nnc(COc2ccc(NC(=O)c3n[nH]c4ccccc34)cc2)o1. The number of nitrogens with zero attached hydrogens (tertiary/aromatic N) is 3. The first-order valence-corrected chi connectivity index (χ1v) is 7.95. The molecule has 130 valence electrons. The minimum Gasteiger partial charge on any atom is -0.484 e. The molecule has 0 radical (unpaired) electrons. The summed E-state index contributed by atoms with van der Waals surface area (Å²) < 4.78 is 10.8. The Bertz CT molecular complexity index is 1050. The summed E-state index contributed by atoms with van der Waals surface area (Å²) in [6, 6.07) is 14.5. The molecule has 0 unspecified atom stereocenters. The molecular formula is C18H15N5O3. The third-order valence-electron chi connectivity index (χ3n) is 3.73. The van der Waals surface area contributed by atoms with Crippen molar-refractivity contribution in [3.8, 4) is 5.75 Å². The number of aromatic nitrogens is 4. The highest BCUT2D eigenvalue weighted by Gasteiger charge is 2.14. The van der Waals surface area contributed by atoms with Crippen molar-refractivity contribution in [2.75, 3.05) is 5.32 Å². The maximum atomic E-state index is 12.4. The Labute approximate surface area is 148 Å². The Kier molecular flexibility index (Phi) is 4.06. The zero-order chi connectivity index (χ0) is 17.9. The fourth-order valence-electron chi connectivity index (χ4n) is 2.50. The Hall–Kier alpha value is -3.68. The van der Waals surface area contributed by atoms with Crippen LogP contribution in [0.3, 0.4) is 0 Å². The van der Waals surface area contributed by atoms with Crippen molar-refractivity contribution in [2.24, 2.45) is 0 Å². The van der Waals surface area contributed by atoms with Crippen LogP contribution in [0.4, 0.5) is 5.69 Å². The van der Waals surface area contributed by atoms with Gasteiger partial charge in [0.05, 0.1) is 5.52 Å². The van der Waals surface area contributed by atoms with Gasteiger partial charge in [0.1, 0.15) is 5.75 Å². The monoisotopic (exact) mass is 349 g/mol. The van der Waals surface area contributed by atoms with Crippen molar-refractivity contribution in [2.45, 2.75) is 13.5 Å². The molecule has 2 aromatic heterocycles. The van der Waals surface area contributed by atoms with Crippen LogP contribution in [0.2, 0.25) is 0 Å². The van der Waals surface area contributed by atoms with Crippen molar-refractivity contribution in [1.82, 2.24) is 20.4 Å². The minimum atomic E-state index is -0.280. The second kappa shape index (κ2) is 6.67. The predicted molar refractivity (Wildman–Crippen MR) is 93.9 cm³/mol. The number of amides is 1. The molecule has 0 bridgehead atoms. The fourth-order valence-corrected chi connectivity index (χ4v) is 2.50. The first-order valence-electron chi connectivity index (χ1n) is 7.95. The highest BCUT2D eigenvalue weighted by molar-refractivity contribution is 6.11. The van der Waals surface area contributed by atoms with Gasteiger partial charge in [-0.3, -0.25) is 9.89 Å². The van der Waals surface area contributed by atoms with Crippen LogP contribution in [-0.4, -0.2) is 26.3 Å². The van der Waals surface area contributed by atoms with E-state index in [9.17, 15) is 4.79 Å². The standard InChI is InChI=1S/C18H15N5O3/c1-11-20-22-16(26-11)10-25-13-8-6-12(7-9-13)19-18(24)17-14-4-2-3-5-15(14)21-23-17/h2-9H,10H2,1H3,(H,19,24)(H,21,23). The molecule has 0 saturated carbocycles. The van der Waals surface area contributed by atoms with E-state index in [2.05, 4.69) is 25.7 Å². The van der Waals surface area contributed by atoms with Gasteiger partial charge >= 0.3 is 0 Å². The number of hydrogen-bond acceptors (Lipinski definition) is 6. The molecule has 4 aromatic rings. The van der Waals surface area contributed by atoms with Gasteiger partial charge in [0.2, 0.25) is 5.89 Å². The Morgan fingerprint density at radius 3 is 2.73 bits per heavy atom. The molecule has 26 heavy (non-hydrogen) atoms. The highest BCUT2D eigenvalue weighted by Crippen LogP contribution is 2.19. The number of rotatable bonds is 5. The molecule has 8 heteroatoms. The minimum absolute atomic E-state index is 0.186. The Balaban J connectivity index is 1.41. The summed E-state index contributed by atoms with van der Waals surface area (Å²) in [6.07, 6.45) is 0. The summed E-state index contributed by atoms with van der Waals surface area (Å²) in [5, 5.41) is 18.1. The van der Waals surface area contributed by atoms with Gasteiger partial charge in [-0.15, -0.1) is 10.2 Å². The van der Waals surface area contributed by atoms with Crippen LogP contribution in [0, 0.1) is 6.92 Å². The molecule has 8 nitrogen and oxygen atoms in total. The van der Waals surface area contributed by atoms with Crippen LogP contribution < -0.4 is 10.1 Å². The van der Waals surface area contributed by atoms with Crippen LogP contribution in [-0.2, 0) is 6.61 Å². The maximum Gasteiger partial charge on any atom is 0.276 e. The van der Waals surface area contributed by atoms with E-state index < -0.39 is 0 Å². The van der Waals surface area contributed by atoms with Gasteiger partial charge in [0.25, 0.3) is 11.8 Å². The molecule has 0 spiro atoms. The molecule has 0 fully saturated rings. The zero-order valence-electron chi connectivity index (χ0n) is 13.9. The Morgan fingerprint density at radius 2 is 1.96 bits per heavy atom. The zero-order valence-corrected chi connectivity index (χ0v) is 13.9. The summed E-state index contributed by atoms with van der Waals surface area (Å²) in [5.74, 6) is 1.25. The summed E-state index contributed by atoms with van der Waals surface area (Å²) in [4.78, 5) is 12.4. The summed E-state index contributed by atoms with van der Waals surface area (Å²) in [7, 11) is 0. The van der Waals surface area contributed by atoms with Gasteiger partial charge < -0.3 is 14.5 Å². The number of hydrogen-bond donors (Lipinski definition) is 2. The average Bonchev–Trinajstić information content (AvgIpc) is 3.27. The summed E-state index contributed by atoms with van der Waals surface area (Å²) in [5.41, 5.74) is 1.81. The largest absolute Gasteiger partial charge is 0.484 e. The third kappa shape index (κ3) is 3.25. The number of nitrogens with one attached hydrogen (secondary N) is 2. The lowest BCUT2D eigenvalue weighted by Crippen LogP contribution is -2.12. The van der Waals surface area contributed by atoms with Crippen molar-refractivity contribution in [3.63, 3.8) is 0 Å². The van der Waals surface area contributed by atoms with Crippen LogP contribution in [0.25, 0.3) is 10.9 Å². The van der Waals surface area contributed by atoms with Gasteiger partial charge in [-0.25, -0.2) is 0 Å². The van der Waals surface area contributed by atoms with E-state index in [0.717, 1.165) is 10.9 Å². The molecule has 0 saturated heterocycles. The van der Waals surface area contributed by atoms with Crippen LogP contribution >= 0.6 is 0 Å². The van der Waals surface area contributed by atoms with Crippen LogP contribution in [0.1, 0.15) is 22.3 Å². The number of carbonyl (C=O) groups excluding carboxylic acids is 1. The number of anilines is 1. The number of para-hydroxylation sites is 1. The third-order valence-corrected chi connectivity index (χ3v) is 3.73. The number of benzene rings is 2. The molecule has 1 amide bonds. The van der Waals surface area contributed by atoms with E-state index in [1.165, 1.54) is 0 Å². The molecule has 0 aliphatic heterocycles. The number of fused-ring (bicyclic) bond motifs is 1. The van der Waals surface area contributed by atoms with Crippen molar-refractivity contribution >= 4 is 22.5 Å². The molecule has 2 N–H and O–H groups in total. The van der Waals surface area contributed by atoms with Crippen molar-refractivity contribution < 1.29 is 13.9 Å². The molecule has 2 heterocycles. The van der Waals surface area contributed by atoms with Gasteiger partial charge in [-0.1, -0.05) is 18.2 Å². The van der Waals surface area contributed by atoms with Gasteiger partial charge in [0.15, 0.2) is 12.3 Å². The van der Waals surface area contributed by atoms with Gasteiger partial charge in [-0.2, -0.15) is 5.10 Å². The molecule has 4 rings (SSSR count). The molecular weight excluding hydrogens is 334 g/mol. The second-order valence-corrected chi connectivity index (χ2v) is 5.60. The average molecular weight is 349 g/mol. The second-order valence-electron chi connectivity index (χ2n) is 5.60. The van der Waals surface area contributed by atoms with Gasteiger partial charge in [-0.05, 0) is 30.3 Å². The molecule has 0 atom stereocenters. The number of ether oxygens (including phenoxy) is 1. The predicted octanol–water partition coefficient (Wildman–Crippen LogP) is 3.09. The van der Waals surface area contributed by atoms with Crippen molar-refractivity contribution in [3.05, 3.63) is 66.0 Å². The number of carbonyl (C=O) groups is 1.